The first-order valence-corrected chi connectivity index (χ1v) is 16.2. The SMILES string of the molecule is CC1(C)c2ccccc2Oc2ccc3c4ccc(C(F)c5ccc6c7ccccc7n7ccnc7c6c5)cc4n(-c4ccccn4)c3c21. The third-order valence-corrected chi connectivity index (χ3v) is 10.2. The van der Waals surface area contributed by atoms with Gasteiger partial charge in [0.05, 0.1) is 16.6 Å². The number of imidazole rings is 1. The molecule has 1 aliphatic heterocycles. The summed E-state index contributed by atoms with van der Waals surface area (Å²) in [6.07, 6.45) is 4.21. The van der Waals surface area contributed by atoms with Gasteiger partial charge in [-0.3, -0.25) is 8.97 Å². The number of ether oxygens (including phenoxy) is 1. The Hall–Kier alpha value is -6.01. The Morgan fingerprint density at radius 1 is 0.646 bits per heavy atom. The molecule has 0 saturated carbocycles. The van der Waals surface area contributed by atoms with Gasteiger partial charge in [-0.1, -0.05) is 80.6 Å². The molecule has 48 heavy (non-hydrogen) atoms. The maximum atomic E-state index is 16.8. The van der Waals surface area contributed by atoms with Crippen LogP contribution in [0.1, 0.15) is 42.3 Å². The molecule has 0 saturated heterocycles. The van der Waals surface area contributed by atoms with Crippen LogP contribution in [0.3, 0.4) is 0 Å². The summed E-state index contributed by atoms with van der Waals surface area (Å²) in [7, 11) is 0. The first-order valence-electron chi connectivity index (χ1n) is 16.2. The van der Waals surface area contributed by atoms with Gasteiger partial charge in [0.25, 0.3) is 0 Å². The number of rotatable bonds is 3. The molecule has 5 nitrogen and oxygen atoms in total. The van der Waals surface area contributed by atoms with Crippen molar-refractivity contribution < 1.29 is 9.13 Å². The van der Waals surface area contributed by atoms with Crippen molar-refractivity contribution in [1.29, 1.82) is 0 Å². The minimum absolute atomic E-state index is 0.358. The molecule has 1 unspecified atom stereocenters. The quantitative estimate of drug-likeness (QED) is 0.184. The highest BCUT2D eigenvalue weighted by atomic mass is 19.1. The summed E-state index contributed by atoms with van der Waals surface area (Å²) in [4.78, 5) is 9.46. The predicted molar refractivity (Wildman–Crippen MR) is 190 cm³/mol. The van der Waals surface area contributed by atoms with E-state index in [1.165, 1.54) is 0 Å². The van der Waals surface area contributed by atoms with Crippen LogP contribution < -0.4 is 4.74 Å². The van der Waals surface area contributed by atoms with Gasteiger partial charge >= 0.3 is 0 Å². The Morgan fingerprint density at radius 2 is 1.40 bits per heavy atom. The van der Waals surface area contributed by atoms with Gasteiger partial charge in [-0.15, -0.1) is 0 Å². The van der Waals surface area contributed by atoms with Gasteiger partial charge in [0.1, 0.15) is 23.0 Å². The Bertz CT molecular complexity index is 2760. The molecular weight excluding hydrogens is 595 g/mol. The third-order valence-electron chi connectivity index (χ3n) is 10.2. The monoisotopic (exact) mass is 624 g/mol. The molecule has 0 spiro atoms. The Kier molecular flexibility index (Phi) is 5.51. The highest BCUT2D eigenvalue weighted by Gasteiger charge is 2.37. The van der Waals surface area contributed by atoms with Crippen LogP contribution >= 0.6 is 0 Å². The zero-order chi connectivity index (χ0) is 32.1. The zero-order valence-corrected chi connectivity index (χ0v) is 26.4. The Labute approximate surface area is 275 Å². The minimum atomic E-state index is -1.35. The lowest BCUT2D eigenvalue weighted by Gasteiger charge is -2.35. The van der Waals surface area contributed by atoms with Crippen LogP contribution in [0, 0.1) is 0 Å². The lowest BCUT2D eigenvalue weighted by atomic mass is 9.75. The lowest BCUT2D eigenvalue weighted by Crippen LogP contribution is -2.25. The normalized spacial score (nSPS) is 14.4. The fourth-order valence-corrected chi connectivity index (χ4v) is 7.94. The van der Waals surface area contributed by atoms with Gasteiger partial charge in [0.2, 0.25) is 0 Å². The van der Waals surface area contributed by atoms with Crippen molar-refractivity contribution in [3.63, 3.8) is 0 Å². The number of fused-ring (bicyclic) bond motifs is 12. The van der Waals surface area contributed by atoms with E-state index in [0.29, 0.717) is 11.1 Å². The number of halogens is 1. The summed E-state index contributed by atoms with van der Waals surface area (Å²) in [5.74, 6) is 2.46. The van der Waals surface area contributed by atoms with Crippen molar-refractivity contribution in [2.45, 2.75) is 25.4 Å². The first-order chi connectivity index (χ1) is 23.5. The molecule has 10 rings (SSSR count). The molecule has 0 N–H and O–H groups in total. The third kappa shape index (κ3) is 3.65. The summed E-state index contributed by atoms with van der Waals surface area (Å²) in [5, 5.41) is 5.21. The van der Waals surface area contributed by atoms with Gasteiger partial charge in [-0.05, 0) is 65.0 Å². The van der Waals surface area contributed by atoms with Crippen LogP contribution in [0.25, 0.3) is 54.9 Å². The van der Waals surface area contributed by atoms with E-state index in [-0.39, 0.29) is 5.41 Å². The molecule has 0 radical (unpaired) electrons. The van der Waals surface area contributed by atoms with Crippen LogP contribution in [0.15, 0.2) is 134 Å². The minimum Gasteiger partial charge on any atom is -0.457 e. The second-order valence-corrected chi connectivity index (χ2v) is 13.2. The number of pyridine rings is 2. The number of para-hydroxylation sites is 2. The van der Waals surface area contributed by atoms with Crippen molar-refractivity contribution in [2.24, 2.45) is 0 Å². The van der Waals surface area contributed by atoms with E-state index in [4.69, 9.17) is 9.72 Å². The summed E-state index contributed by atoms with van der Waals surface area (Å²) in [6, 6.07) is 38.5. The molecule has 0 bridgehead atoms. The molecule has 1 atom stereocenters. The summed E-state index contributed by atoms with van der Waals surface area (Å²) in [6.45, 7) is 4.49. The molecule has 230 valence electrons. The van der Waals surface area contributed by atoms with Crippen molar-refractivity contribution in [3.05, 3.63) is 156 Å². The molecule has 5 heterocycles. The molecule has 0 amide bonds. The van der Waals surface area contributed by atoms with E-state index < -0.39 is 6.17 Å². The Balaban J connectivity index is 1.20. The predicted octanol–water partition coefficient (Wildman–Crippen LogP) is 10.6. The van der Waals surface area contributed by atoms with E-state index in [2.05, 4.69) is 70.3 Å². The molecule has 1 aliphatic rings. The molecule has 4 aromatic heterocycles. The van der Waals surface area contributed by atoms with Crippen LogP contribution in [0.4, 0.5) is 4.39 Å². The maximum Gasteiger partial charge on any atom is 0.150 e. The molecule has 5 aromatic carbocycles. The summed E-state index contributed by atoms with van der Waals surface area (Å²) < 4.78 is 27.6. The molecule has 6 heteroatoms. The van der Waals surface area contributed by atoms with E-state index in [0.717, 1.165) is 77.6 Å². The largest absolute Gasteiger partial charge is 0.457 e. The van der Waals surface area contributed by atoms with Gasteiger partial charge in [0, 0.05) is 56.7 Å². The van der Waals surface area contributed by atoms with Gasteiger partial charge in [-0.25, -0.2) is 14.4 Å². The van der Waals surface area contributed by atoms with Crippen LogP contribution in [0.5, 0.6) is 11.5 Å². The number of hydrogen-bond acceptors (Lipinski definition) is 3. The van der Waals surface area contributed by atoms with Crippen molar-refractivity contribution in [3.8, 4) is 17.3 Å². The smallest absolute Gasteiger partial charge is 0.150 e. The van der Waals surface area contributed by atoms with Gasteiger partial charge < -0.3 is 4.74 Å². The molecule has 0 fully saturated rings. The molecule has 0 aliphatic carbocycles. The standard InChI is InChI=1S/C42H29FN4O/c1-42(2)32-10-4-6-12-35(32)48-36-19-18-30-29-17-15-26(24-34(29)47(40(30)38(36)42)37-13-7-8-20-44-37)39(43)25-14-16-27-28-9-3-5-11-33(28)46-22-21-45-41(46)31(27)23-25/h3-24,39H,1-2H3. The second-order valence-electron chi connectivity index (χ2n) is 13.2. The highest BCUT2D eigenvalue weighted by Crippen LogP contribution is 2.52. The van der Waals surface area contributed by atoms with E-state index >= 15 is 4.39 Å². The topological polar surface area (TPSA) is 44.4 Å². The number of alkyl halides is 1. The number of aromatic nitrogens is 4. The zero-order valence-electron chi connectivity index (χ0n) is 26.4. The maximum absolute atomic E-state index is 16.8. The van der Waals surface area contributed by atoms with Crippen molar-refractivity contribution in [2.75, 3.05) is 0 Å². The summed E-state index contributed by atoms with van der Waals surface area (Å²) in [5.41, 5.74) is 6.84. The fraction of sp³-hybridized carbons (Fsp3) is 0.0952. The van der Waals surface area contributed by atoms with Crippen LogP contribution in [-0.4, -0.2) is 18.9 Å². The number of nitrogens with zero attached hydrogens (tertiary/aromatic N) is 4. The van der Waals surface area contributed by atoms with E-state index in [9.17, 15) is 0 Å². The van der Waals surface area contributed by atoms with Gasteiger partial charge in [-0.2, -0.15) is 0 Å². The molecular formula is C42H29FN4O. The number of benzene rings is 5. The number of hydrogen-bond donors (Lipinski definition) is 0. The fourth-order valence-electron chi connectivity index (χ4n) is 7.94. The van der Waals surface area contributed by atoms with Crippen molar-refractivity contribution >= 4 is 49.1 Å². The first kappa shape index (κ1) is 27.1. The molecule has 9 aromatic rings. The van der Waals surface area contributed by atoms with Crippen LogP contribution in [0.2, 0.25) is 0 Å². The second kappa shape index (κ2) is 9.75. The lowest BCUT2D eigenvalue weighted by molar-refractivity contribution is 0.402. The average molecular weight is 625 g/mol. The summed E-state index contributed by atoms with van der Waals surface area (Å²) >= 11 is 0. The average Bonchev–Trinajstić information content (AvgIpc) is 3.75. The Morgan fingerprint density at radius 3 is 2.27 bits per heavy atom. The van der Waals surface area contributed by atoms with Crippen LogP contribution in [-0.2, 0) is 5.41 Å². The van der Waals surface area contributed by atoms with E-state index in [1.54, 1.807) is 12.4 Å². The van der Waals surface area contributed by atoms with Crippen molar-refractivity contribution in [1.82, 2.24) is 18.9 Å². The van der Waals surface area contributed by atoms with E-state index in [1.807, 2.05) is 79.0 Å². The van der Waals surface area contributed by atoms with Gasteiger partial charge in [0.15, 0.2) is 6.17 Å². The highest BCUT2D eigenvalue weighted by molar-refractivity contribution is 6.13.